The van der Waals surface area contributed by atoms with Gasteiger partial charge in [0.2, 0.25) is 5.91 Å². The number of rotatable bonds is 5. The first-order valence-corrected chi connectivity index (χ1v) is 4.91. The minimum Gasteiger partial charge on any atom is -0.396 e. The summed E-state index contributed by atoms with van der Waals surface area (Å²) in [5, 5.41) is 11.3. The lowest BCUT2D eigenvalue weighted by molar-refractivity contribution is -0.121. The van der Waals surface area contributed by atoms with Crippen molar-refractivity contribution in [2.45, 2.75) is 19.5 Å². The molecule has 1 aromatic rings. The van der Waals surface area contributed by atoms with Gasteiger partial charge in [-0.2, -0.15) is 0 Å². The molecule has 0 bridgehead atoms. The molecule has 15 heavy (non-hydrogen) atoms. The summed E-state index contributed by atoms with van der Waals surface area (Å²) >= 11 is 0. The second kappa shape index (κ2) is 6.16. The summed E-state index contributed by atoms with van der Waals surface area (Å²) in [5.74, 6) is -0.143. The van der Waals surface area contributed by atoms with Crippen LogP contribution in [0.1, 0.15) is 17.5 Å². The molecule has 4 N–H and O–H groups in total. The zero-order valence-electron chi connectivity index (χ0n) is 8.57. The second-order valence-electron chi connectivity index (χ2n) is 3.27. The van der Waals surface area contributed by atoms with Crippen molar-refractivity contribution in [2.75, 3.05) is 6.61 Å². The highest BCUT2D eigenvalue weighted by molar-refractivity contribution is 5.75. The van der Waals surface area contributed by atoms with Gasteiger partial charge >= 0.3 is 0 Å². The summed E-state index contributed by atoms with van der Waals surface area (Å²) in [6, 6.07) is 7.74. The van der Waals surface area contributed by atoms with Crippen molar-refractivity contribution in [2.24, 2.45) is 5.73 Å². The van der Waals surface area contributed by atoms with Crippen molar-refractivity contribution in [3.8, 4) is 0 Å². The van der Waals surface area contributed by atoms with Gasteiger partial charge < -0.3 is 16.2 Å². The third kappa shape index (κ3) is 4.10. The molecule has 0 radical (unpaired) electrons. The minimum atomic E-state index is -0.143. The topological polar surface area (TPSA) is 75.3 Å². The van der Waals surface area contributed by atoms with Crippen molar-refractivity contribution in [3.63, 3.8) is 0 Å². The van der Waals surface area contributed by atoms with E-state index in [1.54, 1.807) is 0 Å². The Morgan fingerprint density at radius 3 is 2.80 bits per heavy atom. The van der Waals surface area contributed by atoms with E-state index in [0.717, 1.165) is 11.1 Å². The van der Waals surface area contributed by atoms with Gasteiger partial charge in [-0.3, -0.25) is 4.79 Å². The highest BCUT2D eigenvalue weighted by Crippen LogP contribution is 2.04. The molecule has 0 atom stereocenters. The lowest BCUT2D eigenvalue weighted by atomic mass is 10.1. The van der Waals surface area contributed by atoms with E-state index in [0.29, 0.717) is 13.1 Å². The molecule has 0 aliphatic carbocycles. The SMILES string of the molecule is NCc1cccc(CNC(=O)CCO)c1. The summed E-state index contributed by atoms with van der Waals surface area (Å²) in [5.41, 5.74) is 7.57. The van der Waals surface area contributed by atoms with Crippen LogP contribution in [-0.2, 0) is 17.9 Å². The molecule has 0 heterocycles. The van der Waals surface area contributed by atoms with Crippen LogP contribution in [0.15, 0.2) is 24.3 Å². The van der Waals surface area contributed by atoms with Crippen LogP contribution in [-0.4, -0.2) is 17.6 Å². The lowest BCUT2D eigenvalue weighted by Gasteiger charge is -2.05. The average Bonchev–Trinajstić information content (AvgIpc) is 2.27. The Morgan fingerprint density at radius 1 is 1.40 bits per heavy atom. The van der Waals surface area contributed by atoms with Gasteiger partial charge in [-0.1, -0.05) is 24.3 Å². The molecule has 0 saturated heterocycles. The molecule has 4 heteroatoms. The Kier molecular flexibility index (Phi) is 4.80. The first kappa shape index (κ1) is 11.7. The Bertz CT molecular complexity index is 326. The Morgan fingerprint density at radius 2 is 2.13 bits per heavy atom. The van der Waals surface area contributed by atoms with Crippen LogP contribution >= 0.6 is 0 Å². The molecule has 0 spiro atoms. The van der Waals surface area contributed by atoms with Gasteiger partial charge in [0.1, 0.15) is 0 Å². The number of nitrogens with two attached hydrogens (primary N) is 1. The van der Waals surface area contributed by atoms with Crippen molar-refractivity contribution >= 4 is 5.91 Å². The summed E-state index contributed by atoms with van der Waals surface area (Å²) in [6.07, 6.45) is 0.149. The predicted molar refractivity (Wildman–Crippen MR) is 57.9 cm³/mol. The summed E-state index contributed by atoms with van der Waals surface area (Å²) in [6.45, 7) is 0.861. The van der Waals surface area contributed by atoms with Crippen molar-refractivity contribution in [1.29, 1.82) is 0 Å². The van der Waals surface area contributed by atoms with E-state index in [9.17, 15) is 4.79 Å². The molecule has 0 aliphatic heterocycles. The molecule has 0 aliphatic rings. The van der Waals surface area contributed by atoms with Gasteiger partial charge in [-0.25, -0.2) is 0 Å². The quantitative estimate of drug-likeness (QED) is 0.644. The Balaban J connectivity index is 2.46. The van der Waals surface area contributed by atoms with Crippen molar-refractivity contribution in [1.82, 2.24) is 5.32 Å². The highest BCUT2D eigenvalue weighted by Gasteiger charge is 2.00. The smallest absolute Gasteiger partial charge is 0.222 e. The Labute approximate surface area is 89.1 Å². The van der Waals surface area contributed by atoms with Crippen LogP contribution in [0.4, 0.5) is 0 Å². The monoisotopic (exact) mass is 208 g/mol. The third-order valence-corrected chi connectivity index (χ3v) is 2.06. The normalized spacial score (nSPS) is 10.0. The van der Waals surface area contributed by atoms with Crippen LogP contribution in [0.25, 0.3) is 0 Å². The first-order valence-electron chi connectivity index (χ1n) is 4.91. The van der Waals surface area contributed by atoms with E-state index in [-0.39, 0.29) is 18.9 Å². The molecular weight excluding hydrogens is 192 g/mol. The minimum absolute atomic E-state index is 0.116. The fourth-order valence-corrected chi connectivity index (χ4v) is 1.26. The third-order valence-electron chi connectivity index (χ3n) is 2.06. The van der Waals surface area contributed by atoms with Crippen molar-refractivity contribution in [3.05, 3.63) is 35.4 Å². The lowest BCUT2D eigenvalue weighted by Crippen LogP contribution is -2.23. The number of carbonyl (C=O) groups excluding carboxylic acids is 1. The van der Waals surface area contributed by atoms with Gasteiger partial charge in [0.05, 0.1) is 6.61 Å². The number of amides is 1. The van der Waals surface area contributed by atoms with Gasteiger partial charge in [0.25, 0.3) is 0 Å². The molecule has 1 rings (SSSR count). The summed E-state index contributed by atoms with van der Waals surface area (Å²) in [4.78, 5) is 11.1. The standard InChI is InChI=1S/C11H16N2O2/c12-7-9-2-1-3-10(6-9)8-13-11(15)4-5-14/h1-3,6,14H,4-5,7-8,12H2,(H,13,15). The van der Waals surface area contributed by atoms with Crippen LogP contribution in [0.5, 0.6) is 0 Å². The molecule has 0 saturated carbocycles. The fraction of sp³-hybridized carbons (Fsp3) is 0.364. The molecule has 0 fully saturated rings. The van der Waals surface area contributed by atoms with E-state index in [1.165, 1.54) is 0 Å². The molecule has 1 amide bonds. The highest BCUT2D eigenvalue weighted by atomic mass is 16.3. The van der Waals surface area contributed by atoms with Gasteiger partial charge in [-0.15, -0.1) is 0 Å². The van der Waals surface area contributed by atoms with E-state index in [1.807, 2.05) is 24.3 Å². The fourth-order valence-electron chi connectivity index (χ4n) is 1.26. The van der Waals surface area contributed by atoms with Crippen LogP contribution in [0.2, 0.25) is 0 Å². The predicted octanol–water partition coefficient (Wildman–Crippen LogP) is 0.144. The number of hydrogen-bond acceptors (Lipinski definition) is 3. The van der Waals surface area contributed by atoms with E-state index in [2.05, 4.69) is 5.32 Å². The molecule has 1 aromatic carbocycles. The number of carbonyl (C=O) groups is 1. The molecule has 82 valence electrons. The summed E-state index contributed by atoms with van der Waals surface area (Å²) < 4.78 is 0. The Hall–Kier alpha value is -1.39. The maximum atomic E-state index is 11.1. The van der Waals surface area contributed by atoms with E-state index in [4.69, 9.17) is 10.8 Å². The van der Waals surface area contributed by atoms with Crippen molar-refractivity contribution < 1.29 is 9.90 Å². The first-order chi connectivity index (χ1) is 7.26. The number of benzene rings is 1. The molecule has 0 unspecified atom stereocenters. The molecular formula is C11H16N2O2. The zero-order valence-corrected chi connectivity index (χ0v) is 8.57. The summed E-state index contributed by atoms with van der Waals surface area (Å²) in [7, 11) is 0. The van der Waals surface area contributed by atoms with Crippen LogP contribution in [0, 0.1) is 0 Å². The number of hydrogen-bond donors (Lipinski definition) is 3. The molecule has 4 nitrogen and oxygen atoms in total. The van der Waals surface area contributed by atoms with E-state index >= 15 is 0 Å². The van der Waals surface area contributed by atoms with E-state index < -0.39 is 0 Å². The zero-order chi connectivity index (χ0) is 11.1. The largest absolute Gasteiger partial charge is 0.396 e. The second-order valence-corrected chi connectivity index (χ2v) is 3.27. The number of nitrogens with one attached hydrogen (secondary N) is 1. The van der Waals surface area contributed by atoms with Crippen LogP contribution < -0.4 is 11.1 Å². The number of aliphatic hydroxyl groups is 1. The molecule has 0 aromatic heterocycles. The maximum absolute atomic E-state index is 11.1. The van der Waals surface area contributed by atoms with Crippen LogP contribution in [0.3, 0.4) is 0 Å². The van der Waals surface area contributed by atoms with Gasteiger partial charge in [0.15, 0.2) is 0 Å². The number of aliphatic hydroxyl groups excluding tert-OH is 1. The average molecular weight is 208 g/mol. The van der Waals surface area contributed by atoms with Gasteiger partial charge in [-0.05, 0) is 11.1 Å². The van der Waals surface area contributed by atoms with Gasteiger partial charge in [0, 0.05) is 19.5 Å². The maximum Gasteiger partial charge on any atom is 0.222 e.